The first-order valence-electron chi connectivity index (χ1n) is 5.52. The van der Waals surface area contributed by atoms with Gasteiger partial charge in [-0.25, -0.2) is 0 Å². The summed E-state index contributed by atoms with van der Waals surface area (Å²) in [5.41, 5.74) is 0. The monoisotopic (exact) mass is 203 g/mol. The molecular weight excluding hydrogens is 178 g/mol. The van der Waals surface area contributed by atoms with Crippen molar-refractivity contribution < 1.29 is 9.84 Å². The van der Waals surface area contributed by atoms with Gasteiger partial charge in [-0.1, -0.05) is 13.3 Å². The first kappa shape index (κ1) is 13.9. The zero-order valence-corrected chi connectivity index (χ0v) is 9.99. The zero-order chi connectivity index (χ0) is 11.0. The van der Waals surface area contributed by atoms with Gasteiger partial charge in [0.25, 0.3) is 0 Å². The first-order chi connectivity index (χ1) is 6.61. The Hall–Kier alpha value is -0.120. The summed E-state index contributed by atoms with van der Waals surface area (Å²) in [6.07, 6.45) is 1.73. The first-order valence-corrected chi connectivity index (χ1v) is 5.52. The molecule has 3 heteroatoms. The van der Waals surface area contributed by atoms with E-state index in [4.69, 9.17) is 4.74 Å². The molecule has 1 unspecified atom stereocenters. The Balaban J connectivity index is 3.82. The second kappa shape index (κ2) is 8.21. The molecule has 0 aromatic rings. The molecule has 0 saturated heterocycles. The molecule has 0 aromatic heterocycles. The predicted octanol–water partition coefficient (Wildman–Crippen LogP) is 1.50. The molecule has 0 bridgehead atoms. The third-order valence-electron chi connectivity index (χ3n) is 2.38. The number of hydrogen-bond acceptors (Lipinski definition) is 3. The predicted molar refractivity (Wildman–Crippen MR) is 59.5 cm³/mol. The summed E-state index contributed by atoms with van der Waals surface area (Å²) in [4.78, 5) is 2.25. The van der Waals surface area contributed by atoms with Crippen molar-refractivity contribution in [2.45, 2.75) is 45.8 Å². The lowest BCUT2D eigenvalue weighted by Crippen LogP contribution is -2.39. The van der Waals surface area contributed by atoms with E-state index in [1.807, 2.05) is 0 Å². The van der Waals surface area contributed by atoms with Crippen LogP contribution in [0.1, 0.15) is 33.6 Å². The molecule has 0 radical (unpaired) electrons. The van der Waals surface area contributed by atoms with Crippen LogP contribution in [0.3, 0.4) is 0 Å². The third kappa shape index (κ3) is 6.35. The molecule has 0 rings (SSSR count). The van der Waals surface area contributed by atoms with Crippen molar-refractivity contribution in [2.24, 2.45) is 0 Å². The van der Waals surface area contributed by atoms with Gasteiger partial charge in [-0.3, -0.25) is 4.90 Å². The second-order valence-corrected chi connectivity index (χ2v) is 4.02. The van der Waals surface area contributed by atoms with Crippen molar-refractivity contribution in [3.63, 3.8) is 0 Å². The highest BCUT2D eigenvalue weighted by atomic mass is 16.5. The van der Waals surface area contributed by atoms with Gasteiger partial charge in [0.2, 0.25) is 0 Å². The van der Waals surface area contributed by atoms with E-state index in [1.165, 1.54) is 0 Å². The van der Waals surface area contributed by atoms with Gasteiger partial charge in [-0.05, 0) is 20.3 Å². The molecule has 0 saturated carbocycles. The van der Waals surface area contributed by atoms with Crippen molar-refractivity contribution in [1.29, 1.82) is 0 Å². The molecule has 0 fully saturated rings. The minimum Gasteiger partial charge on any atom is -0.392 e. The van der Waals surface area contributed by atoms with E-state index in [0.29, 0.717) is 6.04 Å². The lowest BCUT2D eigenvalue weighted by atomic mass is 10.2. The summed E-state index contributed by atoms with van der Waals surface area (Å²) >= 11 is 0. The molecule has 0 heterocycles. The summed E-state index contributed by atoms with van der Waals surface area (Å²) < 4.78 is 5.04. The quantitative estimate of drug-likeness (QED) is 0.649. The van der Waals surface area contributed by atoms with Gasteiger partial charge in [-0.15, -0.1) is 0 Å². The normalized spacial score (nSPS) is 13.9. The number of ether oxygens (including phenoxy) is 1. The Morgan fingerprint density at radius 1 is 1.36 bits per heavy atom. The third-order valence-corrected chi connectivity index (χ3v) is 2.38. The van der Waals surface area contributed by atoms with Crippen LogP contribution in [-0.2, 0) is 4.74 Å². The molecule has 0 aliphatic heterocycles. The summed E-state index contributed by atoms with van der Waals surface area (Å²) in [7, 11) is 1.71. The van der Waals surface area contributed by atoms with Crippen LogP contribution in [0.25, 0.3) is 0 Å². The molecule has 3 nitrogen and oxygen atoms in total. The number of methoxy groups -OCH3 is 1. The second-order valence-electron chi connectivity index (χ2n) is 4.02. The maximum atomic E-state index is 9.69. The van der Waals surface area contributed by atoms with E-state index >= 15 is 0 Å². The topological polar surface area (TPSA) is 32.7 Å². The Bertz CT molecular complexity index is 128. The van der Waals surface area contributed by atoms with E-state index < -0.39 is 0 Å². The van der Waals surface area contributed by atoms with Crippen LogP contribution in [0.15, 0.2) is 0 Å². The maximum absolute atomic E-state index is 9.69. The van der Waals surface area contributed by atoms with E-state index in [-0.39, 0.29) is 6.10 Å². The van der Waals surface area contributed by atoms with Gasteiger partial charge < -0.3 is 9.84 Å². The Morgan fingerprint density at radius 3 is 2.43 bits per heavy atom. The smallest absolute Gasteiger partial charge is 0.0667 e. The van der Waals surface area contributed by atoms with Gasteiger partial charge in [0, 0.05) is 26.2 Å². The van der Waals surface area contributed by atoms with Crippen molar-refractivity contribution in [1.82, 2.24) is 4.90 Å². The standard InChI is InChI=1S/C11H25NO2/c1-5-6-11(13)9-12(10(2)3)7-8-14-4/h10-11,13H,5-9H2,1-4H3. The van der Waals surface area contributed by atoms with Crippen molar-refractivity contribution in [3.8, 4) is 0 Å². The van der Waals surface area contributed by atoms with Gasteiger partial charge in [0.15, 0.2) is 0 Å². The average molecular weight is 203 g/mol. The molecule has 1 atom stereocenters. The number of aliphatic hydroxyl groups is 1. The number of aliphatic hydroxyl groups excluding tert-OH is 1. The summed E-state index contributed by atoms with van der Waals surface area (Å²) in [6, 6.07) is 0.469. The van der Waals surface area contributed by atoms with Gasteiger partial charge in [0.05, 0.1) is 12.7 Å². The fraction of sp³-hybridized carbons (Fsp3) is 1.00. The molecule has 14 heavy (non-hydrogen) atoms. The Morgan fingerprint density at radius 2 is 2.00 bits per heavy atom. The Labute approximate surface area is 88.1 Å². The van der Waals surface area contributed by atoms with Crippen LogP contribution in [0.5, 0.6) is 0 Å². The molecule has 0 aliphatic carbocycles. The van der Waals surface area contributed by atoms with Crippen LogP contribution >= 0.6 is 0 Å². The summed E-state index contributed by atoms with van der Waals surface area (Å²) in [6.45, 7) is 8.78. The van der Waals surface area contributed by atoms with Gasteiger partial charge in [-0.2, -0.15) is 0 Å². The minimum absolute atomic E-state index is 0.195. The van der Waals surface area contributed by atoms with Crippen LogP contribution < -0.4 is 0 Å². The molecule has 0 amide bonds. The van der Waals surface area contributed by atoms with Crippen LogP contribution in [0.2, 0.25) is 0 Å². The molecule has 86 valence electrons. The van der Waals surface area contributed by atoms with E-state index in [2.05, 4.69) is 25.7 Å². The molecular formula is C11H25NO2. The fourth-order valence-electron chi connectivity index (χ4n) is 1.46. The van der Waals surface area contributed by atoms with Crippen molar-refractivity contribution >= 4 is 0 Å². The number of hydrogen-bond donors (Lipinski definition) is 1. The van der Waals surface area contributed by atoms with Crippen LogP contribution in [0, 0.1) is 0 Å². The summed E-state index contributed by atoms with van der Waals surface area (Å²) in [5, 5.41) is 9.69. The SMILES string of the molecule is CCCC(O)CN(CCOC)C(C)C. The highest BCUT2D eigenvalue weighted by molar-refractivity contribution is 4.67. The zero-order valence-electron chi connectivity index (χ0n) is 9.99. The molecule has 0 aliphatic rings. The van der Waals surface area contributed by atoms with E-state index in [9.17, 15) is 5.11 Å². The van der Waals surface area contributed by atoms with Crippen molar-refractivity contribution in [2.75, 3.05) is 26.8 Å². The molecule has 0 spiro atoms. The molecule has 0 aromatic carbocycles. The highest BCUT2D eigenvalue weighted by Gasteiger charge is 2.13. The lowest BCUT2D eigenvalue weighted by molar-refractivity contribution is 0.0679. The van der Waals surface area contributed by atoms with Crippen LogP contribution in [0.4, 0.5) is 0 Å². The van der Waals surface area contributed by atoms with E-state index in [1.54, 1.807) is 7.11 Å². The number of rotatable bonds is 8. The summed E-state index contributed by atoms with van der Waals surface area (Å²) in [5.74, 6) is 0. The van der Waals surface area contributed by atoms with Crippen LogP contribution in [-0.4, -0.2) is 49.0 Å². The fourth-order valence-corrected chi connectivity index (χ4v) is 1.46. The maximum Gasteiger partial charge on any atom is 0.0667 e. The highest BCUT2D eigenvalue weighted by Crippen LogP contribution is 2.03. The largest absolute Gasteiger partial charge is 0.392 e. The van der Waals surface area contributed by atoms with E-state index in [0.717, 1.165) is 32.5 Å². The Kier molecular flexibility index (Phi) is 8.14. The lowest BCUT2D eigenvalue weighted by Gasteiger charge is -2.28. The molecule has 1 N–H and O–H groups in total. The van der Waals surface area contributed by atoms with Gasteiger partial charge in [0.1, 0.15) is 0 Å². The number of nitrogens with zero attached hydrogens (tertiary/aromatic N) is 1. The van der Waals surface area contributed by atoms with Crippen molar-refractivity contribution in [3.05, 3.63) is 0 Å². The van der Waals surface area contributed by atoms with Gasteiger partial charge >= 0.3 is 0 Å². The average Bonchev–Trinajstić information content (AvgIpc) is 2.12. The minimum atomic E-state index is -0.195.